The molecular formula is C18H26BF4Ir-. The van der Waals surface area contributed by atoms with Gasteiger partial charge in [0.2, 0.25) is 0 Å². The molecule has 0 N–H and O–H groups in total. The molecule has 0 aromatic heterocycles. The fourth-order valence-electron chi connectivity index (χ4n) is 2.14. The van der Waals surface area contributed by atoms with E-state index in [4.69, 9.17) is 0 Å². The van der Waals surface area contributed by atoms with E-state index < -0.39 is 7.25 Å². The second-order valence-electron chi connectivity index (χ2n) is 5.95. The summed E-state index contributed by atoms with van der Waals surface area (Å²) in [5.41, 5.74) is 0. The summed E-state index contributed by atoms with van der Waals surface area (Å²) < 4.78 is 39.0. The van der Waals surface area contributed by atoms with Gasteiger partial charge in [0.25, 0.3) is 0 Å². The molecule has 0 aromatic carbocycles. The van der Waals surface area contributed by atoms with E-state index in [9.17, 15) is 17.3 Å². The number of rotatable bonds is 0. The van der Waals surface area contributed by atoms with Gasteiger partial charge in [0, 0.05) is 20.1 Å². The van der Waals surface area contributed by atoms with Crippen molar-refractivity contribution in [3.8, 4) is 0 Å². The summed E-state index contributed by atoms with van der Waals surface area (Å²) >= 11 is 0. The zero-order valence-corrected chi connectivity index (χ0v) is 17.8. The van der Waals surface area contributed by atoms with Crippen LogP contribution in [0, 0.1) is 60.7 Å². The van der Waals surface area contributed by atoms with E-state index >= 15 is 0 Å². The molecule has 0 atom stereocenters. The van der Waals surface area contributed by atoms with E-state index in [1.54, 1.807) is 0 Å². The van der Waals surface area contributed by atoms with Crippen molar-refractivity contribution in [3.63, 3.8) is 0 Å². The second kappa shape index (κ2) is 11.9. The SMILES string of the molecule is C[C]1[CH][CH][C](C)C[CH]1.C[C]1[C](C)[C](C)[C](C)[C]1C.F[B-](F)(F)F.[Ir]. The molecule has 0 aliphatic heterocycles. The summed E-state index contributed by atoms with van der Waals surface area (Å²) in [6.45, 7) is 15.3. The van der Waals surface area contributed by atoms with Crippen LogP contribution in [0.4, 0.5) is 17.3 Å². The molecule has 139 valence electrons. The Balaban J connectivity index is 0. The Kier molecular flexibility index (Phi) is 13.3. The third kappa shape index (κ3) is 11.1. The molecule has 2 fully saturated rings. The number of hydrogen-bond donors (Lipinski definition) is 0. The Bertz CT molecular complexity index is 256. The minimum Gasteiger partial charge on any atom is -0.418 e. The largest absolute Gasteiger partial charge is 0.673 e. The molecular weight excluding hydrogens is 495 g/mol. The number of hydrogen-bond acceptors (Lipinski definition) is 0. The smallest absolute Gasteiger partial charge is 0.418 e. The van der Waals surface area contributed by atoms with Gasteiger partial charge >= 0.3 is 7.25 Å². The van der Waals surface area contributed by atoms with Crippen LogP contribution in [0.3, 0.4) is 0 Å². The minimum atomic E-state index is -6.00. The standard InChI is InChI=1S/C10H15.C8H11.BF4.Ir/c1-6-7(2)9(4)10(5)8(6)3;1-7-3-5-8(2)6-4-7;2-1(3,4)5;/h1-5H3;3-5H,6H2,1-2H3;;/q;;-1;. The van der Waals surface area contributed by atoms with Crippen molar-refractivity contribution in [3.05, 3.63) is 60.7 Å². The molecule has 11 radical (unpaired) electrons. The van der Waals surface area contributed by atoms with Crippen LogP contribution in [0.1, 0.15) is 54.9 Å². The first-order valence-electron chi connectivity index (χ1n) is 7.58. The monoisotopic (exact) mass is 522 g/mol. The van der Waals surface area contributed by atoms with E-state index in [-0.39, 0.29) is 20.1 Å². The van der Waals surface area contributed by atoms with Gasteiger partial charge in [-0.05, 0) is 67.1 Å². The van der Waals surface area contributed by atoms with Gasteiger partial charge in [-0.3, -0.25) is 0 Å². The molecule has 24 heavy (non-hydrogen) atoms. The van der Waals surface area contributed by atoms with Gasteiger partial charge in [0.05, 0.1) is 0 Å². The maximum absolute atomic E-state index is 9.75. The van der Waals surface area contributed by atoms with Crippen LogP contribution < -0.4 is 0 Å². The first-order chi connectivity index (χ1) is 10.3. The summed E-state index contributed by atoms with van der Waals surface area (Å²) in [5, 5.41) is 0. The van der Waals surface area contributed by atoms with E-state index in [2.05, 4.69) is 67.7 Å². The molecule has 0 amide bonds. The quantitative estimate of drug-likeness (QED) is 0.254. The summed E-state index contributed by atoms with van der Waals surface area (Å²) in [6.07, 6.45) is 7.71. The van der Waals surface area contributed by atoms with Gasteiger partial charge in [0.1, 0.15) is 0 Å². The van der Waals surface area contributed by atoms with Crippen LogP contribution in [-0.2, 0) is 20.1 Å². The van der Waals surface area contributed by atoms with E-state index in [0.29, 0.717) is 0 Å². The molecule has 2 aliphatic carbocycles. The fraction of sp³-hybridized carbons (Fsp3) is 0.444. The van der Waals surface area contributed by atoms with E-state index in [1.807, 2.05) is 0 Å². The van der Waals surface area contributed by atoms with Crippen LogP contribution in [0.15, 0.2) is 0 Å². The molecule has 0 saturated heterocycles. The third-order valence-electron chi connectivity index (χ3n) is 4.19. The van der Waals surface area contributed by atoms with Crippen molar-refractivity contribution in [2.75, 3.05) is 0 Å². The molecule has 2 aliphatic rings. The topological polar surface area (TPSA) is 0 Å². The zero-order valence-electron chi connectivity index (χ0n) is 15.4. The van der Waals surface area contributed by atoms with Gasteiger partial charge in [0.15, 0.2) is 0 Å². The van der Waals surface area contributed by atoms with Gasteiger partial charge in [-0.25, -0.2) is 0 Å². The summed E-state index contributed by atoms with van der Waals surface area (Å²) in [6, 6.07) is 0. The predicted molar refractivity (Wildman–Crippen MR) is 90.1 cm³/mol. The molecule has 0 unspecified atom stereocenters. The van der Waals surface area contributed by atoms with Crippen molar-refractivity contribution in [1.29, 1.82) is 0 Å². The summed E-state index contributed by atoms with van der Waals surface area (Å²) in [4.78, 5) is 0. The van der Waals surface area contributed by atoms with E-state index in [1.165, 1.54) is 41.4 Å². The van der Waals surface area contributed by atoms with Crippen LogP contribution >= 0.6 is 0 Å². The Morgan fingerprint density at radius 2 is 0.958 bits per heavy atom. The van der Waals surface area contributed by atoms with Crippen LogP contribution in [0.25, 0.3) is 0 Å². The fourth-order valence-corrected chi connectivity index (χ4v) is 2.14. The molecule has 2 rings (SSSR count). The van der Waals surface area contributed by atoms with Crippen molar-refractivity contribution >= 4 is 7.25 Å². The Labute approximate surface area is 160 Å². The van der Waals surface area contributed by atoms with Crippen molar-refractivity contribution in [2.45, 2.75) is 54.9 Å². The van der Waals surface area contributed by atoms with Crippen molar-refractivity contribution < 1.29 is 37.4 Å². The van der Waals surface area contributed by atoms with Crippen LogP contribution in [0.5, 0.6) is 0 Å². The average molecular weight is 521 g/mol. The maximum Gasteiger partial charge on any atom is 0.673 e. The molecule has 0 spiro atoms. The van der Waals surface area contributed by atoms with Crippen LogP contribution in [-0.4, -0.2) is 7.25 Å². The van der Waals surface area contributed by atoms with Crippen molar-refractivity contribution in [1.82, 2.24) is 0 Å². The minimum absolute atomic E-state index is 0. The van der Waals surface area contributed by atoms with Gasteiger partial charge in [-0.15, -0.1) is 0 Å². The molecule has 0 heterocycles. The summed E-state index contributed by atoms with van der Waals surface area (Å²) in [7, 11) is -6.00. The molecule has 6 heteroatoms. The molecule has 2 saturated carbocycles. The summed E-state index contributed by atoms with van der Waals surface area (Å²) in [5.74, 6) is 10.2. The molecule has 0 aromatic rings. The normalized spacial score (nSPS) is 23.1. The van der Waals surface area contributed by atoms with Gasteiger partial charge in [-0.1, -0.05) is 48.5 Å². The first kappa shape index (κ1) is 26.7. The maximum atomic E-state index is 9.75. The average Bonchev–Trinajstić information content (AvgIpc) is 2.59. The van der Waals surface area contributed by atoms with E-state index in [0.717, 1.165) is 6.42 Å². The van der Waals surface area contributed by atoms with Gasteiger partial charge < -0.3 is 17.3 Å². The predicted octanol–water partition coefficient (Wildman–Crippen LogP) is 6.46. The molecule has 0 nitrogen and oxygen atoms in total. The van der Waals surface area contributed by atoms with Crippen LogP contribution in [0.2, 0.25) is 0 Å². The second-order valence-corrected chi connectivity index (χ2v) is 5.95. The Morgan fingerprint density at radius 1 is 0.667 bits per heavy atom. The first-order valence-corrected chi connectivity index (χ1v) is 7.58. The Hall–Kier alpha value is 0.434. The van der Waals surface area contributed by atoms with Gasteiger partial charge in [-0.2, -0.15) is 0 Å². The number of halogens is 4. The zero-order chi connectivity index (χ0) is 18.4. The Morgan fingerprint density at radius 3 is 1.12 bits per heavy atom. The third-order valence-corrected chi connectivity index (χ3v) is 4.19. The van der Waals surface area contributed by atoms with Crippen molar-refractivity contribution in [2.24, 2.45) is 0 Å². The molecule has 0 bridgehead atoms.